The number of fused-ring (bicyclic) bond motifs is 1. The van der Waals surface area contributed by atoms with E-state index in [4.69, 9.17) is 0 Å². The van der Waals surface area contributed by atoms with Crippen molar-refractivity contribution in [1.82, 2.24) is 14.6 Å². The van der Waals surface area contributed by atoms with Gasteiger partial charge in [-0.1, -0.05) is 36.4 Å². The van der Waals surface area contributed by atoms with Gasteiger partial charge in [0.15, 0.2) is 5.65 Å². The number of nitrogens with zero attached hydrogens (tertiary/aromatic N) is 3. The highest BCUT2D eigenvalue weighted by Crippen LogP contribution is 2.31. The van der Waals surface area contributed by atoms with Gasteiger partial charge in [-0.05, 0) is 69.5 Å². The fourth-order valence-corrected chi connectivity index (χ4v) is 4.17. The summed E-state index contributed by atoms with van der Waals surface area (Å²) < 4.78 is 2.42. The normalized spacial score (nSPS) is 11.2. The number of amides is 1. The van der Waals surface area contributed by atoms with Crippen LogP contribution in [-0.4, -0.2) is 30.7 Å². The molecule has 2 aromatic heterocycles. The minimum Gasteiger partial charge on any atom is -0.508 e. The molecule has 0 atom stereocenters. The first-order chi connectivity index (χ1) is 18.0. The minimum atomic E-state index is -0.280. The Labute approximate surface area is 221 Å². The summed E-state index contributed by atoms with van der Waals surface area (Å²) in [5, 5.41) is 30.5. The summed E-state index contributed by atoms with van der Waals surface area (Å²) in [7, 11) is 0. The van der Waals surface area contributed by atoms with Gasteiger partial charge in [0.1, 0.15) is 17.3 Å². The number of carbonyl (C=O) groups is 1. The lowest BCUT2D eigenvalue weighted by molar-refractivity contribution is -0.111. The number of para-hydroxylation sites is 1. The van der Waals surface area contributed by atoms with Crippen LogP contribution < -0.4 is 10.6 Å². The van der Waals surface area contributed by atoms with E-state index < -0.39 is 0 Å². The average Bonchev–Trinajstić information content (AvgIpc) is 3.27. The van der Waals surface area contributed by atoms with Gasteiger partial charge in [0, 0.05) is 29.9 Å². The molecule has 0 aliphatic heterocycles. The molecule has 0 radical (unpaired) electrons. The average molecular weight is 556 g/mol. The number of hydrogen-bond donors (Lipinski definition) is 4. The van der Waals surface area contributed by atoms with E-state index in [2.05, 4.69) is 36.6 Å². The van der Waals surface area contributed by atoms with Crippen molar-refractivity contribution in [3.8, 4) is 22.8 Å². The van der Waals surface area contributed by atoms with Crippen molar-refractivity contribution in [2.75, 3.05) is 10.6 Å². The fourth-order valence-electron chi connectivity index (χ4n) is 3.83. The summed E-state index contributed by atoms with van der Waals surface area (Å²) in [6, 6.07) is 23.1. The molecule has 0 aliphatic carbocycles. The van der Waals surface area contributed by atoms with Crippen LogP contribution in [-0.2, 0) is 11.3 Å². The fraction of sp³-hybridized carbons (Fsp3) is 0.0357. The second-order valence-electron chi connectivity index (χ2n) is 8.24. The number of halogens is 1. The molecule has 0 aliphatic rings. The van der Waals surface area contributed by atoms with Crippen LogP contribution in [0.5, 0.6) is 11.5 Å². The molecule has 0 unspecified atom stereocenters. The molecular weight excluding hydrogens is 534 g/mol. The maximum Gasteiger partial charge on any atom is 0.248 e. The first kappa shape index (κ1) is 24.1. The SMILES string of the molecule is O=C(/C=C/c1cccc(O)c1)Nc1cccc(CNc2cc(-c3ccccc3O)nc3c(Br)cnn23)c1. The minimum absolute atomic E-state index is 0.141. The van der Waals surface area contributed by atoms with Gasteiger partial charge in [-0.3, -0.25) is 4.79 Å². The number of phenolic OH excluding ortho intramolecular Hbond substituents is 2. The van der Waals surface area contributed by atoms with Gasteiger partial charge in [-0.15, -0.1) is 0 Å². The Bertz CT molecular complexity index is 1630. The standard InChI is InChI=1S/C28H22BrN5O3/c29-23-17-31-34-26(15-24(33-28(23)34)22-9-1-2-10-25(22)36)30-16-19-6-3-7-20(13-19)32-27(37)12-11-18-5-4-8-21(35)14-18/h1-15,17,30,35-36H,16H2,(H,32,37)/b12-11+. The van der Waals surface area contributed by atoms with Gasteiger partial charge in [0.25, 0.3) is 0 Å². The number of benzene rings is 3. The molecule has 2 heterocycles. The summed E-state index contributed by atoms with van der Waals surface area (Å²) >= 11 is 3.49. The van der Waals surface area contributed by atoms with Crippen molar-refractivity contribution >= 4 is 45.1 Å². The third-order valence-corrected chi connectivity index (χ3v) is 6.13. The van der Waals surface area contributed by atoms with Crippen LogP contribution in [0.3, 0.4) is 0 Å². The molecule has 0 bridgehead atoms. The summed E-state index contributed by atoms with van der Waals surface area (Å²) in [5.41, 5.74) is 4.16. The van der Waals surface area contributed by atoms with E-state index in [0.717, 1.165) is 15.6 Å². The lowest BCUT2D eigenvalue weighted by atomic mass is 10.1. The van der Waals surface area contributed by atoms with E-state index in [1.54, 1.807) is 53.2 Å². The zero-order valence-electron chi connectivity index (χ0n) is 19.5. The van der Waals surface area contributed by atoms with Gasteiger partial charge < -0.3 is 20.8 Å². The van der Waals surface area contributed by atoms with Crippen LogP contribution in [0, 0.1) is 0 Å². The van der Waals surface area contributed by atoms with Crippen molar-refractivity contribution in [3.63, 3.8) is 0 Å². The van der Waals surface area contributed by atoms with Crippen LogP contribution in [0.15, 0.2) is 95.6 Å². The van der Waals surface area contributed by atoms with Crippen molar-refractivity contribution < 1.29 is 15.0 Å². The number of hydrogen-bond acceptors (Lipinski definition) is 6. The molecule has 0 fully saturated rings. The third kappa shape index (κ3) is 5.62. The molecule has 0 saturated heterocycles. The highest BCUT2D eigenvalue weighted by molar-refractivity contribution is 9.10. The number of rotatable bonds is 7. The molecule has 37 heavy (non-hydrogen) atoms. The highest BCUT2D eigenvalue weighted by Gasteiger charge is 2.13. The smallest absolute Gasteiger partial charge is 0.248 e. The number of aromatic nitrogens is 3. The Morgan fingerprint density at radius 1 is 1.00 bits per heavy atom. The Hall–Kier alpha value is -4.63. The number of carbonyl (C=O) groups excluding carboxylic acids is 1. The number of nitrogens with one attached hydrogen (secondary N) is 2. The molecule has 0 saturated carbocycles. The Morgan fingerprint density at radius 2 is 1.84 bits per heavy atom. The second kappa shape index (κ2) is 10.5. The molecule has 8 nitrogen and oxygen atoms in total. The van der Waals surface area contributed by atoms with E-state index in [1.165, 1.54) is 6.08 Å². The predicted molar refractivity (Wildman–Crippen MR) is 147 cm³/mol. The summed E-state index contributed by atoms with van der Waals surface area (Å²) in [6.07, 6.45) is 4.73. The Kier molecular flexibility index (Phi) is 6.87. The van der Waals surface area contributed by atoms with Gasteiger partial charge >= 0.3 is 0 Å². The molecule has 0 spiro atoms. The topological polar surface area (TPSA) is 112 Å². The number of anilines is 2. The first-order valence-electron chi connectivity index (χ1n) is 11.4. The zero-order valence-corrected chi connectivity index (χ0v) is 21.1. The quantitative estimate of drug-likeness (QED) is 0.188. The molecule has 3 aromatic carbocycles. The summed E-state index contributed by atoms with van der Waals surface area (Å²) in [6.45, 7) is 0.458. The van der Waals surface area contributed by atoms with Crippen LogP contribution in [0.25, 0.3) is 23.0 Å². The highest BCUT2D eigenvalue weighted by atomic mass is 79.9. The summed E-state index contributed by atoms with van der Waals surface area (Å²) in [4.78, 5) is 17.0. The Balaban J connectivity index is 1.33. The van der Waals surface area contributed by atoms with Crippen molar-refractivity contribution in [3.05, 3.63) is 107 Å². The zero-order chi connectivity index (χ0) is 25.8. The molecule has 4 N–H and O–H groups in total. The van der Waals surface area contributed by atoms with Crippen molar-refractivity contribution in [2.45, 2.75) is 6.54 Å². The summed E-state index contributed by atoms with van der Waals surface area (Å²) in [5.74, 6) is 0.697. The van der Waals surface area contributed by atoms with E-state index >= 15 is 0 Å². The van der Waals surface area contributed by atoms with Gasteiger partial charge in [0.05, 0.1) is 16.4 Å². The molecule has 5 aromatic rings. The van der Waals surface area contributed by atoms with Crippen LogP contribution in [0.2, 0.25) is 0 Å². The maximum atomic E-state index is 12.4. The first-order valence-corrected chi connectivity index (χ1v) is 12.2. The monoisotopic (exact) mass is 555 g/mol. The van der Waals surface area contributed by atoms with Gasteiger partial charge in [-0.2, -0.15) is 9.61 Å². The number of phenols is 2. The van der Waals surface area contributed by atoms with Crippen molar-refractivity contribution in [2.24, 2.45) is 0 Å². The molecule has 1 amide bonds. The Morgan fingerprint density at radius 3 is 2.68 bits per heavy atom. The van der Waals surface area contributed by atoms with E-state index in [1.807, 2.05) is 42.5 Å². The lowest BCUT2D eigenvalue weighted by Gasteiger charge is -2.12. The molecule has 9 heteroatoms. The van der Waals surface area contributed by atoms with Gasteiger partial charge in [-0.25, -0.2) is 4.98 Å². The maximum absolute atomic E-state index is 12.4. The molecule has 184 valence electrons. The molecular formula is C28H22BrN5O3. The number of aromatic hydroxyl groups is 2. The van der Waals surface area contributed by atoms with Crippen molar-refractivity contribution in [1.29, 1.82) is 0 Å². The third-order valence-electron chi connectivity index (χ3n) is 5.57. The second-order valence-corrected chi connectivity index (χ2v) is 9.10. The van der Waals surface area contributed by atoms with Gasteiger partial charge in [0.2, 0.25) is 5.91 Å². The van der Waals surface area contributed by atoms with Crippen LogP contribution >= 0.6 is 15.9 Å². The predicted octanol–water partition coefficient (Wildman–Crippen LogP) is 5.83. The van der Waals surface area contributed by atoms with Crippen LogP contribution in [0.4, 0.5) is 11.5 Å². The van der Waals surface area contributed by atoms with E-state index in [9.17, 15) is 15.0 Å². The van der Waals surface area contributed by atoms with E-state index in [0.29, 0.717) is 35.0 Å². The van der Waals surface area contributed by atoms with Crippen LogP contribution in [0.1, 0.15) is 11.1 Å². The van der Waals surface area contributed by atoms with E-state index in [-0.39, 0.29) is 17.4 Å². The largest absolute Gasteiger partial charge is 0.508 e. The lowest BCUT2D eigenvalue weighted by Crippen LogP contribution is -2.09. The molecule has 5 rings (SSSR count).